The van der Waals surface area contributed by atoms with Crippen LogP contribution < -0.4 is 0 Å². The van der Waals surface area contributed by atoms with Crippen LogP contribution in [0, 0.1) is 12.8 Å². The smallest absolute Gasteiger partial charge is 0.226 e. The van der Waals surface area contributed by atoms with E-state index in [1.54, 1.807) is 0 Å². The molecule has 2 aliphatic heterocycles. The number of hydrogen-bond donors (Lipinski definition) is 0. The second-order valence-corrected chi connectivity index (χ2v) is 9.02. The molecular weight excluding hydrogens is 324 g/mol. The number of sulfonamides is 1. The lowest BCUT2D eigenvalue weighted by Gasteiger charge is -2.34. The molecule has 1 aromatic rings. The number of amides is 1. The van der Waals surface area contributed by atoms with Crippen LogP contribution in [0.15, 0.2) is 24.3 Å². The Labute approximate surface area is 144 Å². The van der Waals surface area contributed by atoms with Crippen molar-refractivity contribution < 1.29 is 13.2 Å². The Kier molecular flexibility index (Phi) is 4.97. The molecule has 1 amide bonds. The Morgan fingerprint density at radius 3 is 2.25 bits per heavy atom. The Balaban J connectivity index is 1.67. The van der Waals surface area contributed by atoms with Gasteiger partial charge in [0.25, 0.3) is 0 Å². The first-order valence-electron chi connectivity index (χ1n) is 8.68. The molecule has 3 rings (SSSR count). The van der Waals surface area contributed by atoms with Crippen LogP contribution in [0.5, 0.6) is 0 Å². The fourth-order valence-electron chi connectivity index (χ4n) is 3.83. The van der Waals surface area contributed by atoms with Crippen LogP contribution in [-0.4, -0.2) is 49.4 Å². The van der Waals surface area contributed by atoms with E-state index in [1.807, 2.05) is 4.90 Å². The van der Waals surface area contributed by atoms with Crippen molar-refractivity contribution in [3.8, 4) is 0 Å². The van der Waals surface area contributed by atoms with Crippen molar-refractivity contribution >= 4 is 15.9 Å². The highest BCUT2D eigenvalue weighted by Gasteiger charge is 2.36. The normalized spacial score (nSPS) is 23.6. The topological polar surface area (TPSA) is 57.7 Å². The fourth-order valence-corrected chi connectivity index (χ4v) is 4.71. The number of nitrogens with zero attached hydrogens (tertiary/aromatic N) is 2. The molecule has 0 aliphatic carbocycles. The summed E-state index contributed by atoms with van der Waals surface area (Å²) >= 11 is 0. The van der Waals surface area contributed by atoms with E-state index < -0.39 is 10.0 Å². The standard InChI is InChI=1S/C18H26N2O3S/c1-14-5-7-15(8-6-14)17-4-3-11-20(17)18(21)16-9-12-19(13-10-16)24(2,22)23/h5-8,16-17H,3-4,9-13H2,1-2H3. The second-order valence-electron chi connectivity index (χ2n) is 7.04. The van der Waals surface area contributed by atoms with E-state index in [-0.39, 0.29) is 17.9 Å². The van der Waals surface area contributed by atoms with Gasteiger partial charge in [-0.1, -0.05) is 29.8 Å². The lowest BCUT2D eigenvalue weighted by atomic mass is 9.95. The molecule has 0 saturated carbocycles. The lowest BCUT2D eigenvalue weighted by molar-refractivity contribution is -0.137. The third-order valence-electron chi connectivity index (χ3n) is 5.27. The van der Waals surface area contributed by atoms with Crippen molar-refractivity contribution in [2.45, 2.75) is 38.6 Å². The average Bonchev–Trinajstić information content (AvgIpc) is 3.04. The Bertz CT molecular complexity index is 691. The van der Waals surface area contributed by atoms with Gasteiger partial charge in [-0.2, -0.15) is 0 Å². The molecule has 1 unspecified atom stereocenters. The largest absolute Gasteiger partial charge is 0.335 e. The minimum Gasteiger partial charge on any atom is -0.335 e. The molecule has 2 aliphatic rings. The van der Waals surface area contributed by atoms with Crippen molar-refractivity contribution in [3.63, 3.8) is 0 Å². The van der Waals surface area contributed by atoms with Crippen LogP contribution in [0.25, 0.3) is 0 Å². The third kappa shape index (κ3) is 3.64. The maximum Gasteiger partial charge on any atom is 0.226 e. The van der Waals surface area contributed by atoms with Crippen LogP contribution in [0.1, 0.15) is 42.9 Å². The van der Waals surface area contributed by atoms with Crippen LogP contribution in [-0.2, 0) is 14.8 Å². The summed E-state index contributed by atoms with van der Waals surface area (Å²) in [4.78, 5) is 15.0. The number of aryl methyl sites for hydroxylation is 1. The maximum atomic E-state index is 13.0. The monoisotopic (exact) mass is 350 g/mol. The summed E-state index contributed by atoms with van der Waals surface area (Å²) in [6.45, 7) is 3.79. The van der Waals surface area contributed by atoms with Gasteiger partial charge in [0.1, 0.15) is 0 Å². The summed E-state index contributed by atoms with van der Waals surface area (Å²) in [5.41, 5.74) is 2.43. The number of likely N-dealkylation sites (tertiary alicyclic amines) is 1. The van der Waals surface area contributed by atoms with Gasteiger partial charge in [-0.25, -0.2) is 12.7 Å². The number of hydrogen-bond acceptors (Lipinski definition) is 3. The van der Waals surface area contributed by atoms with Crippen molar-refractivity contribution in [3.05, 3.63) is 35.4 Å². The van der Waals surface area contributed by atoms with E-state index in [0.717, 1.165) is 19.4 Å². The summed E-state index contributed by atoms with van der Waals surface area (Å²) in [7, 11) is -3.14. The molecule has 2 fully saturated rings. The van der Waals surface area contributed by atoms with E-state index in [0.29, 0.717) is 25.9 Å². The summed E-state index contributed by atoms with van der Waals surface area (Å²) in [5, 5.41) is 0. The number of rotatable bonds is 3. The number of benzene rings is 1. The molecular formula is C18H26N2O3S. The van der Waals surface area contributed by atoms with Gasteiger partial charge in [-0.3, -0.25) is 4.79 Å². The first-order valence-corrected chi connectivity index (χ1v) is 10.5. The molecule has 0 N–H and O–H groups in total. The quantitative estimate of drug-likeness (QED) is 0.841. The summed E-state index contributed by atoms with van der Waals surface area (Å²) in [6.07, 6.45) is 4.54. The highest BCUT2D eigenvalue weighted by atomic mass is 32.2. The van der Waals surface area contributed by atoms with Crippen LogP contribution in [0.4, 0.5) is 0 Å². The molecule has 1 atom stereocenters. The van der Waals surface area contributed by atoms with Gasteiger partial charge in [-0.15, -0.1) is 0 Å². The molecule has 6 heteroatoms. The predicted molar refractivity (Wildman–Crippen MR) is 94.0 cm³/mol. The van der Waals surface area contributed by atoms with Gasteiger partial charge < -0.3 is 4.90 Å². The van der Waals surface area contributed by atoms with E-state index >= 15 is 0 Å². The van der Waals surface area contributed by atoms with Crippen molar-refractivity contribution in [2.24, 2.45) is 5.92 Å². The van der Waals surface area contributed by atoms with E-state index in [9.17, 15) is 13.2 Å². The van der Waals surface area contributed by atoms with Gasteiger partial charge in [0.05, 0.1) is 12.3 Å². The SMILES string of the molecule is Cc1ccc(C2CCCN2C(=O)C2CCN(S(C)(=O)=O)CC2)cc1. The van der Waals surface area contributed by atoms with Crippen LogP contribution >= 0.6 is 0 Å². The van der Waals surface area contributed by atoms with Gasteiger partial charge in [0.15, 0.2) is 0 Å². The molecule has 1 aromatic carbocycles. The van der Waals surface area contributed by atoms with Crippen LogP contribution in [0.3, 0.4) is 0 Å². The lowest BCUT2D eigenvalue weighted by Crippen LogP contribution is -2.43. The summed E-state index contributed by atoms with van der Waals surface area (Å²) in [5.74, 6) is 0.153. The Hall–Kier alpha value is -1.40. The second kappa shape index (κ2) is 6.84. The maximum absolute atomic E-state index is 13.0. The van der Waals surface area contributed by atoms with Gasteiger partial charge in [0, 0.05) is 25.6 Å². The van der Waals surface area contributed by atoms with Gasteiger partial charge in [0.2, 0.25) is 15.9 Å². The minimum absolute atomic E-state index is 0.0472. The fraction of sp³-hybridized carbons (Fsp3) is 0.611. The van der Waals surface area contributed by atoms with Gasteiger partial charge >= 0.3 is 0 Å². The zero-order chi connectivity index (χ0) is 17.3. The minimum atomic E-state index is -3.14. The molecule has 132 valence electrons. The summed E-state index contributed by atoms with van der Waals surface area (Å²) < 4.78 is 24.7. The first kappa shape index (κ1) is 17.4. The van der Waals surface area contributed by atoms with Gasteiger partial charge in [-0.05, 0) is 38.2 Å². The molecule has 0 bridgehead atoms. The van der Waals surface area contributed by atoms with E-state index in [2.05, 4.69) is 31.2 Å². The predicted octanol–water partition coefficient (Wildman–Crippen LogP) is 2.33. The molecule has 2 heterocycles. The molecule has 0 spiro atoms. The first-order chi connectivity index (χ1) is 11.4. The van der Waals surface area contributed by atoms with Crippen LogP contribution in [0.2, 0.25) is 0 Å². The zero-order valence-corrected chi connectivity index (χ0v) is 15.3. The molecule has 2 saturated heterocycles. The Morgan fingerprint density at radius 1 is 1.04 bits per heavy atom. The van der Waals surface area contributed by atoms with Crippen molar-refractivity contribution in [1.82, 2.24) is 9.21 Å². The molecule has 0 aromatic heterocycles. The third-order valence-corrected chi connectivity index (χ3v) is 6.57. The highest BCUT2D eigenvalue weighted by molar-refractivity contribution is 7.88. The summed E-state index contributed by atoms with van der Waals surface area (Å²) in [6, 6.07) is 8.61. The number of carbonyl (C=O) groups excluding carboxylic acids is 1. The average molecular weight is 350 g/mol. The number of carbonyl (C=O) groups is 1. The Morgan fingerprint density at radius 2 is 1.67 bits per heavy atom. The zero-order valence-electron chi connectivity index (χ0n) is 14.4. The van der Waals surface area contributed by atoms with Crippen molar-refractivity contribution in [2.75, 3.05) is 25.9 Å². The highest BCUT2D eigenvalue weighted by Crippen LogP contribution is 2.34. The molecule has 5 nitrogen and oxygen atoms in total. The van der Waals surface area contributed by atoms with E-state index in [1.165, 1.54) is 21.7 Å². The van der Waals surface area contributed by atoms with Crippen molar-refractivity contribution in [1.29, 1.82) is 0 Å². The number of piperidine rings is 1. The molecule has 0 radical (unpaired) electrons. The molecule has 24 heavy (non-hydrogen) atoms. The van der Waals surface area contributed by atoms with E-state index in [4.69, 9.17) is 0 Å².